The number of rotatable bonds is 4. The molecule has 2 heterocycles. The highest BCUT2D eigenvalue weighted by Gasteiger charge is 2.40. The number of methoxy groups -OCH3 is 1. The second kappa shape index (κ2) is 8.82. The Labute approximate surface area is 187 Å². The topological polar surface area (TPSA) is 93.2 Å². The van der Waals surface area contributed by atoms with Gasteiger partial charge < -0.3 is 14.4 Å². The average molecular weight is 459 g/mol. The van der Waals surface area contributed by atoms with Crippen molar-refractivity contribution >= 4 is 27.6 Å². The number of para-hydroxylation sites is 2. The number of aryl methyl sites for hydroxylation is 1. The molecule has 0 bridgehead atoms. The number of anilines is 1. The summed E-state index contributed by atoms with van der Waals surface area (Å²) >= 11 is 0. The van der Waals surface area contributed by atoms with Crippen molar-refractivity contribution in [1.82, 2.24) is 4.90 Å². The zero-order valence-electron chi connectivity index (χ0n) is 18.1. The molecule has 1 saturated heterocycles. The summed E-state index contributed by atoms with van der Waals surface area (Å²) in [5.41, 5.74) is 1.36. The molecule has 8 nitrogen and oxygen atoms in total. The molecule has 32 heavy (non-hydrogen) atoms. The first-order valence-corrected chi connectivity index (χ1v) is 12.0. The third-order valence-electron chi connectivity index (χ3n) is 5.96. The normalized spacial score (nSPS) is 19.1. The Balaban J connectivity index is 1.58. The van der Waals surface area contributed by atoms with E-state index >= 15 is 0 Å². The number of fused-ring (bicyclic) bond motifs is 1. The van der Waals surface area contributed by atoms with E-state index in [1.807, 2.05) is 6.92 Å². The van der Waals surface area contributed by atoms with Crippen LogP contribution in [-0.2, 0) is 24.3 Å². The van der Waals surface area contributed by atoms with Gasteiger partial charge in [-0.1, -0.05) is 29.8 Å². The average Bonchev–Trinajstić information content (AvgIpc) is 2.82. The van der Waals surface area contributed by atoms with Crippen LogP contribution in [0.3, 0.4) is 0 Å². The van der Waals surface area contributed by atoms with Crippen molar-refractivity contribution < 1.29 is 27.5 Å². The molecule has 2 aromatic carbocycles. The summed E-state index contributed by atoms with van der Waals surface area (Å²) in [7, 11) is -2.53. The Bertz CT molecular complexity index is 1110. The highest BCUT2D eigenvalue weighted by Crippen LogP contribution is 2.37. The summed E-state index contributed by atoms with van der Waals surface area (Å²) in [5, 5.41) is 0. The zero-order valence-corrected chi connectivity index (χ0v) is 18.9. The molecule has 2 aromatic rings. The molecule has 1 unspecified atom stereocenters. The van der Waals surface area contributed by atoms with Crippen molar-refractivity contribution in [3.05, 3.63) is 54.1 Å². The number of ether oxygens (including phenoxy) is 2. The fourth-order valence-corrected chi connectivity index (χ4v) is 5.58. The Morgan fingerprint density at radius 1 is 1.03 bits per heavy atom. The number of hydrogen-bond acceptors (Lipinski definition) is 6. The van der Waals surface area contributed by atoms with Crippen LogP contribution in [0, 0.1) is 12.8 Å². The van der Waals surface area contributed by atoms with Gasteiger partial charge >= 0.3 is 5.97 Å². The van der Waals surface area contributed by atoms with E-state index in [4.69, 9.17) is 9.47 Å². The molecule has 4 rings (SSSR count). The first-order chi connectivity index (χ1) is 15.3. The molecule has 1 fully saturated rings. The van der Waals surface area contributed by atoms with Gasteiger partial charge in [-0.3, -0.25) is 13.9 Å². The van der Waals surface area contributed by atoms with E-state index < -0.39 is 16.1 Å². The molecule has 9 heteroatoms. The number of esters is 1. The molecule has 0 aliphatic carbocycles. The van der Waals surface area contributed by atoms with Crippen LogP contribution in [-0.4, -0.2) is 58.0 Å². The maximum Gasteiger partial charge on any atom is 0.308 e. The van der Waals surface area contributed by atoms with Crippen LogP contribution in [0.2, 0.25) is 0 Å². The molecule has 0 N–H and O–H groups in total. The maximum atomic E-state index is 13.5. The van der Waals surface area contributed by atoms with Gasteiger partial charge in [0.2, 0.25) is 0 Å². The lowest BCUT2D eigenvalue weighted by atomic mass is 9.96. The highest BCUT2D eigenvalue weighted by molar-refractivity contribution is 7.92. The van der Waals surface area contributed by atoms with Crippen molar-refractivity contribution in [2.24, 2.45) is 5.92 Å². The number of likely N-dealkylation sites (tertiary alicyclic amines) is 1. The summed E-state index contributed by atoms with van der Waals surface area (Å²) in [6.45, 7) is 2.55. The van der Waals surface area contributed by atoms with Crippen LogP contribution in [0.15, 0.2) is 53.4 Å². The molecular formula is C23H26N2O6S. The highest BCUT2D eigenvalue weighted by atomic mass is 32.2. The molecule has 1 amide bonds. The minimum Gasteiger partial charge on any atom is -0.476 e. The Kier molecular flexibility index (Phi) is 6.10. The van der Waals surface area contributed by atoms with Crippen molar-refractivity contribution in [2.75, 3.05) is 31.0 Å². The molecule has 0 spiro atoms. The van der Waals surface area contributed by atoms with E-state index in [-0.39, 0.29) is 29.2 Å². The van der Waals surface area contributed by atoms with Gasteiger partial charge in [0.05, 0.1) is 30.2 Å². The molecule has 0 aromatic heterocycles. The van der Waals surface area contributed by atoms with Crippen LogP contribution in [0.5, 0.6) is 5.75 Å². The molecule has 1 atom stereocenters. The van der Waals surface area contributed by atoms with Crippen LogP contribution in [0.1, 0.15) is 18.4 Å². The minimum atomic E-state index is -3.89. The minimum absolute atomic E-state index is 0.122. The number of nitrogens with zero attached hydrogens (tertiary/aromatic N) is 2. The number of piperidine rings is 1. The molecule has 170 valence electrons. The molecule has 2 aliphatic rings. The van der Waals surface area contributed by atoms with Gasteiger partial charge in [0.25, 0.3) is 15.9 Å². The van der Waals surface area contributed by atoms with E-state index in [0.29, 0.717) is 37.4 Å². The van der Waals surface area contributed by atoms with Gasteiger partial charge in [-0.2, -0.15) is 0 Å². The number of sulfonamides is 1. The van der Waals surface area contributed by atoms with Crippen molar-refractivity contribution in [2.45, 2.75) is 30.8 Å². The summed E-state index contributed by atoms with van der Waals surface area (Å²) in [6, 6.07) is 13.4. The lowest BCUT2D eigenvalue weighted by molar-refractivity contribution is -0.150. The first-order valence-electron chi connectivity index (χ1n) is 10.5. The lowest BCUT2D eigenvalue weighted by Crippen LogP contribution is -2.53. The van der Waals surface area contributed by atoms with Gasteiger partial charge in [0, 0.05) is 13.1 Å². The Hall–Kier alpha value is -3.07. The summed E-state index contributed by atoms with van der Waals surface area (Å²) in [5.74, 6) is -0.435. The number of carbonyl (C=O) groups is 2. The molecule has 0 saturated carbocycles. The SMILES string of the molecule is COC(=O)C1CCN(C(=O)C2CN(S(=O)(=O)c3ccc(C)cc3)c3ccccc3O2)CC1. The van der Waals surface area contributed by atoms with Gasteiger partial charge in [-0.25, -0.2) is 8.42 Å². The van der Waals surface area contributed by atoms with Crippen molar-refractivity contribution in [1.29, 1.82) is 0 Å². The standard InChI is InChI=1S/C23H26N2O6S/c1-16-7-9-18(10-8-16)32(28,29)25-15-21(31-20-6-4-3-5-19(20)25)22(26)24-13-11-17(12-14-24)23(27)30-2/h3-10,17,21H,11-15H2,1-2H3. The van der Waals surface area contributed by atoms with E-state index in [9.17, 15) is 18.0 Å². The van der Waals surface area contributed by atoms with E-state index in [0.717, 1.165) is 5.56 Å². The number of benzene rings is 2. The third kappa shape index (κ3) is 4.17. The van der Waals surface area contributed by atoms with Crippen LogP contribution in [0.25, 0.3) is 0 Å². The van der Waals surface area contributed by atoms with Gasteiger partial charge in [0.15, 0.2) is 6.10 Å². The van der Waals surface area contributed by atoms with E-state index in [2.05, 4.69) is 0 Å². The maximum absolute atomic E-state index is 13.5. The zero-order chi connectivity index (χ0) is 22.9. The lowest BCUT2D eigenvalue weighted by Gasteiger charge is -2.38. The van der Waals surface area contributed by atoms with Gasteiger partial charge in [-0.15, -0.1) is 0 Å². The summed E-state index contributed by atoms with van der Waals surface area (Å²) in [6.07, 6.45) is 0.0417. The first kappa shape index (κ1) is 22.1. The van der Waals surface area contributed by atoms with Crippen molar-refractivity contribution in [3.8, 4) is 5.75 Å². The fourth-order valence-electron chi connectivity index (χ4n) is 4.10. The predicted octanol–water partition coefficient (Wildman–Crippen LogP) is 2.36. The number of carbonyl (C=O) groups excluding carboxylic acids is 2. The number of amides is 1. The molecular weight excluding hydrogens is 432 g/mol. The third-order valence-corrected chi connectivity index (χ3v) is 7.75. The molecule has 2 aliphatic heterocycles. The fraction of sp³-hybridized carbons (Fsp3) is 0.391. The smallest absolute Gasteiger partial charge is 0.308 e. The summed E-state index contributed by atoms with van der Waals surface area (Å²) in [4.78, 5) is 26.8. The Morgan fingerprint density at radius 3 is 2.34 bits per heavy atom. The molecule has 0 radical (unpaired) electrons. The van der Waals surface area contributed by atoms with Crippen LogP contribution in [0.4, 0.5) is 5.69 Å². The summed E-state index contributed by atoms with van der Waals surface area (Å²) < 4.78 is 38.9. The van der Waals surface area contributed by atoms with Gasteiger partial charge in [0.1, 0.15) is 5.75 Å². The van der Waals surface area contributed by atoms with Crippen molar-refractivity contribution in [3.63, 3.8) is 0 Å². The quantitative estimate of drug-likeness (QED) is 0.653. The predicted molar refractivity (Wildman–Crippen MR) is 118 cm³/mol. The largest absolute Gasteiger partial charge is 0.476 e. The van der Waals surface area contributed by atoms with Crippen LogP contribution < -0.4 is 9.04 Å². The number of hydrogen-bond donors (Lipinski definition) is 0. The van der Waals surface area contributed by atoms with Crippen LogP contribution >= 0.6 is 0 Å². The van der Waals surface area contributed by atoms with E-state index in [1.54, 1.807) is 53.4 Å². The second-order valence-corrected chi connectivity index (χ2v) is 9.91. The van der Waals surface area contributed by atoms with Gasteiger partial charge in [-0.05, 0) is 44.0 Å². The van der Waals surface area contributed by atoms with E-state index in [1.165, 1.54) is 11.4 Å². The monoisotopic (exact) mass is 458 g/mol. The second-order valence-electron chi connectivity index (χ2n) is 8.05. The Morgan fingerprint density at radius 2 is 1.69 bits per heavy atom.